The number of carbonyl (C=O) groups is 1. The van der Waals surface area contributed by atoms with Crippen LogP contribution < -0.4 is 10.6 Å². The highest BCUT2D eigenvalue weighted by atomic mass is 16.1. The highest BCUT2D eigenvalue weighted by Crippen LogP contribution is 2.18. The second kappa shape index (κ2) is 7.66. The van der Waals surface area contributed by atoms with Gasteiger partial charge in [-0.2, -0.15) is 0 Å². The summed E-state index contributed by atoms with van der Waals surface area (Å²) in [6, 6.07) is 0.735. The molecule has 0 aliphatic heterocycles. The maximum atomic E-state index is 11.8. The van der Waals surface area contributed by atoms with E-state index in [0.29, 0.717) is 0 Å². The van der Waals surface area contributed by atoms with E-state index in [4.69, 9.17) is 0 Å². The quantitative estimate of drug-likeness (QED) is 0.591. The minimum atomic E-state index is 0.232. The molecule has 0 saturated heterocycles. The molecule has 0 heterocycles. The third-order valence-electron chi connectivity index (χ3n) is 3.08. The lowest BCUT2D eigenvalue weighted by atomic mass is 9.97. The number of nitrogens with one attached hydrogen (secondary N) is 2. The summed E-state index contributed by atoms with van der Waals surface area (Å²) in [6.45, 7) is 5.98. The zero-order valence-corrected chi connectivity index (χ0v) is 10.7. The predicted molar refractivity (Wildman–Crippen MR) is 67.3 cm³/mol. The van der Waals surface area contributed by atoms with E-state index in [1.54, 1.807) is 0 Å². The van der Waals surface area contributed by atoms with E-state index in [2.05, 4.69) is 24.5 Å². The molecule has 2 N–H and O–H groups in total. The molecule has 1 rings (SSSR count). The third-order valence-corrected chi connectivity index (χ3v) is 3.08. The lowest BCUT2D eigenvalue weighted by Gasteiger charge is -2.15. The standard InChI is InChI=1S/C13H26N2O/c1-3-5-11(6-4-2)13(16)15-10-9-14-12-7-8-12/h11-12,14H,3-10H2,1-2H3,(H,15,16). The molecule has 1 fully saturated rings. The van der Waals surface area contributed by atoms with Gasteiger partial charge >= 0.3 is 0 Å². The number of rotatable bonds is 9. The smallest absolute Gasteiger partial charge is 0.223 e. The Balaban J connectivity index is 2.08. The second-order valence-electron chi connectivity index (χ2n) is 4.79. The molecule has 16 heavy (non-hydrogen) atoms. The van der Waals surface area contributed by atoms with Gasteiger partial charge in [-0.25, -0.2) is 0 Å². The average Bonchev–Trinajstić information content (AvgIpc) is 3.07. The molecule has 0 atom stereocenters. The Kier molecular flexibility index (Phi) is 6.46. The first-order valence-electron chi connectivity index (χ1n) is 6.79. The summed E-state index contributed by atoms with van der Waals surface area (Å²) in [5.74, 6) is 0.484. The Morgan fingerprint density at radius 2 is 1.81 bits per heavy atom. The first kappa shape index (κ1) is 13.5. The molecule has 0 radical (unpaired) electrons. The molecule has 0 aromatic rings. The Hall–Kier alpha value is -0.570. The summed E-state index contributed by atoms with van der Waals surface area (Å²) < 4.78 is 0. The molecule has 94 valence electrons. The van der Waals surface area contributed by atoms with Crippen molar-refractivity contribution in [2.45, 2.75) is 58.4 Å². The number of hydrogen-bond donors (Lipinski definition) is 2. The van der Waals surface area contributed by atoms with E-state index in [1.807, 2.05) is 0 Å². The van der Waals surface area contributed by atoms with Gasteiger partial charge in [-0.1, -0.05) is 26.7 Å². The predicted octanol–water partition coefficient (Wildman–Crippen LogP) is 2.07. The first-order chi connectivity index (χ1) is 7.77. The van der Waals surface area contributed by atoms with Gasteiger partial charge in [-0.3, -0.25) is 4.79 Å². The largest absolute Gasteiger partial charge is 0.355 e. The average molecular weight is 226 g/mol. The highest BCUT2D eigenvalue weighted by Gasteiger charge is 2.20. The molecule has 3 nitrogen and oxygen atoms in total. The van der Waals surface area contributed by atoms with Crippen molar-refractivity contribution in [3.8, 4) is 0 Å². The van der Waals surface area contributed by atoms with Gasteiger partial charge in [0.05, 0.1) is 0 Å². The van der Waals surface area contributed by atoms with Gasteiger partial charge in [0.15, 0.2) is 0 Å². The number of amides is 1. The van der Waals surface area contributed by atoms with E-state index >= 15 is 0 Å². The topological polar surface area (TPSA) is 41.1 Å². The van der Waals surface area contributed by atoms with Crippen molar-refractivity contribution in [3.05, 3.63) is 0 Å². The molecule has 0 unspecified atom stereocenters. The van der Waals surface area contributed by atoms with Crippen LogP contribution in [0.2, 0.25) is 0 Å². The second-order valence-corrected chi connectivity index (χ2v) is 4.79. The van der Waals surface area contributed by atoms with Gasteiger partial charge < -0.3 is 10.6 Å². The first-order valence-corrected chi connectivity index (χ1v) is 6.79. The maximum absolute atomic E-state index is 11.8. The van der Waals surface area contributed by atoms with E-state index in [0.717, 1.165) is 44.8 Å². The van der Waals surface area contributed by atoms with Gasteiger partial charge in [0.2, 0.25) is 5.91 Å². The summed E-state index contributed by atoms with van der Waals surface area (Å²) in [5, 5.41) is 6.43. The molecule has 3 heteroatoms. The van der Waals surface area contributed by atoms with Crippen molar-refractivity contribution >= 4 is 5.91 Å². The SMILES string of the molecule is CCCC(CCC)C(=O)NCCNC1CC1. The molecule has 1 saturated carbocycles. The minimum Gasteiger partial charge on any atom is -0.355 e. The van der Waals surface area contributed by atoms with E-state index in [9.17, 15) is 4.79 Å². The van der Waals surface area contributed by atoms with Crippen LogP contribution in [0, 0.1) is 5.92 Å². The number of carbonyl (C=O) groups excluding carboxylic acids is 1. The van der Waals surface area contributed by atoms with Crippen molar-refractivity contribution in [1.82, 2.24) is 10.6 Å². The zero-order chi connectivity index (χ0) is 11.8. The molecule has 0 aromatic heterocycles. The Bertz CT molecular complexity index is 196. The van der Waals surface area contributed by atoms with Crippen LogP contribution in [0.15, 0.2) is 0 Å². The van der Waals surface area contributed by atoms with Gasteiger partial charge in [0.25, 0.3) is 0 Å². The van der Waals surface area contributed by atoms with Crippen molar-refractivity contribution in [3.63, 3.8) is 0 Å². The number of hydrogen-bond acceptors (Lipinski definition) is 2. The van der Waals surface area contributed by atoms with E-state index < -0.39 is 0 Å². The van der Waals surface area contributed by atoms with Gasteiger partial charge in [0.1, 0.15) is 0 Å². The van der Waals surface area contributed by atoms with Crippen LogP contribution in [0.3, 0.4) is 0 Å². The van der Waals surface area contributed by atoms with E-state index in [-0.39, 0.29) is 11.8 Å². The fraction of sp³-hybridized carbons (Fsp3) is 0.923. The molecular formula is C13H26N2O. The summed E-state index contributed by atoms with van der Waals surface area (Å²) in [7, 11) is 0. The molecule has 1 aliphatic carbocycles. The van der Waals surface area contributed by atoms with Crippen molar-refractivity contribution < 1.29 is 4.79 Å². The maximum Gasteiger partial charge on any atom is 0.223 e. The third kappa shape index (κ3) is 5.50. The van der Waals surface area contributed by atoms with Crippen LogP contribution in [0.25, 0.3) is 0 Å². The van der Waals surface area contributed by atoms with Crippen molar-refractivity contribution in [2.24, 2.45) is 5.92 Å². The molecule has 1 amide bonds. The van der Waals surface area contributed by atoms with Gasteiger partial charge in [-0.15, -0.1) is 0 Å². The normalized spacial score (nSPS) is 15.4. The van der Waals surface area contributed by atoms with Gasteiger partial charge in [-0.05, 0) is 25.7 Å². The van der Waals surface area contributed by atoms with Crippen LogP contribution in [0.1, 0.15) is 52.4 Å². The van der Waals surface area contributed by atoms with Crippen LogP contribution >= 0.6 is 0 Å². The Morgan fingerprint density at radius 3 is 2.31 bits per heavy atom. The Morgan fingerprint density at radius 1 is 1.19 bits per heavy atom. The summed E-state index contributed by atoms with van der Waals surface area (Å²) in [6.07, 6.45) is 6.85. The highest BCUT2D eigenvalue weighted by molar-refractivity contribution is 5.78. The lowest BCUT2D eigenvalue weighted by molar-refractivity contribution is -0.125. The summed E-state index contributed by atoms with van der Waals surface area (Å²) >= 11 is 0. The zero-order valence-electron chi connectivity index (χ0n) is 10.7. The van der Waals surface area contributed by atoms with Gasteiger partial charge in [0, 0.05) is 25.0 Å². The van der Waals surface area contributed by atoms with E-state index in [1.165, 1.54) is 12.8 Å². The van der Waals surface area contributed by atoms with Crippen LogP contribution in [-0.2, 0) is 4.79 Å². The fourth-order valence-electron chi connectivity index (χ4n) is 2.00. The van der Waals surface area contributed by atoms with Crippen molar-refractivity contribution in [2.75, 3.05) is 13.1 Å². The fourth-order valence-corrected chi connectivity index (χ4v) is 2.00. The lowest BCUT2D eigenvalue weighted by Crippen LogP contribution is -2.36. The molecule has 0 aromatic carbocycles. The van der Waals surface area contributed by atoms with Crippen LogP contribution in [0.4, 0.5) is 0 Å². The molecule has 1 aliphatic rings. The Labute approximate surface area is 99.4 Å². The summed E-state index contributed by atoms with van der Waals surface area (Å²) in [4.78, 5) is 11.8. The molecule has 0 spiro atoms. The minimum absolute atomic E-state index is 0.232. The molecule has 0 bridgehead atoms. The monoisotopic (exact) mass is 226 g/mol. The van der Waals surface area contributed by atoms with Crippen LogP contribution in [0.5, 0.6) is 0 Å². The van der Waals surface area contributed by atoms with Crippen LogP contribution in [-0.4, -0.2) is 25.0 Å². The molecular weight excluding hydrogens is 200 g/mol. The van der Waals surface area contributed by atoms with Crippen molar-refractivity contribution in [1.29, 1.82) is 0 Å². The summed E-state index contributed by atoms with van der Waals surface area (Å²) in [5.41, 5.74) is 0.